The maximum atomic E-state index is 3.38. The first-order chi connectivity index (χ1) is 9.91. The van der Waals surface area contributed by atoms with E-state index >= 15 is 0 Å². The lowest BCUT2D eigenvalue weighted by molar-refractivity contribution is 0.597. The number of hydrogen-bond acceptors (Lipinski definition) is 2. The van der Waals surface area contributed by atoms with Crippen LogP contribution in [0.3, 0.4) is 0 Å². The fourth-order valence-corrected chi connectivity index (χ4v) is 2.32. The maximum Gasteiger partial charge on any atom is -0.00490 e. The molecule has 0 saturated carbocycles. The summed E-state index contributed by atoms with van der Waals surface area (Å²) < 4.78 is 0. The van der Waals surface area contributed by atoms with E-state index < -0.39 is 0 Å². The number of nitrogens with one attached hydrogen (secondary N) is 2. The molecule has 0 aliphatic rings. The zero-order valence-electron chi connectivity index (χ0n) is 14.1. The predicted molar refractivity (Wildman–Crippen MR) is 92.4 cm³/mol. The van der Waals surface area contributed by atoms with Crippen molar-refractivity contribution in [2.45, 2.75) is 78.1 Å². The second kappa shape index (κ2) is 18.7. The molecule has 0 unspecified atom stereocenters. The van der Waals surface area contributed by atoms with Crippen molar-refractivity contribution in [3.63, 3.8) is 0 Å². The first kappa shape index (κ1) is 19.7. The van der Waals surface area contributed by atoms with Crippen LogP contribution in [-0.2, 0) is 0 Å². The Hall–Kier alpha value is -0.340. The SMILES string of the molecule is CCNCCCCCC/C=C\CCCCCCNCC. The van der Waals surface area contributed by atoms with E-state index in [2.05, 4.69) is 36.6 Å². The lowest BCUT2D eigenvalue weighted by Crippen LogP contribution is -2.13. The van der Waals surface area contributed by atoms with Crippen LogP contribution in [0.1, 0.15) is 78.1 Å². The molecular formula is C18H38N2. The van der Waals surface area contributed by atoms with E-state index in [9.17, 15) is 0 Å². The summed E-state index contributed by atoms with van der Waals surface area (Å²) in [5.41, 5.74) is 0. The highest BCUT2D eigenvalue weighted by molar-refractivity contribution is 4.81. The third-order valence-corrected chi connectivity index (χ3v) is 3.62. The highest BCUT2D eigenvalue weighted by atomic mass is 14.8. The molecule has 0 aliphatic carbocycles. The minimum Gasteiger partial charge on any atom is -0.317 e. The van der Waals surface area contributed by atoms with E-state index in [1.54, 1.807) is 0 Å². The van der Waals surface area contributed by atoms with Crippen LogP contribution >= 0.6 is 0 Å². The Labute approximate surface area is 127 Å². The van der Waals surface area contributed by atoms with Gasteiger partial charge < -0.3 is 10.6 Å². The van der Waals surface area contributed by atoms with Crippen LogP contribution in [0.25, 0.3) is 0 Å². The van der Waals surface area contributed by atoms with Gasteiger partial charge in [0.2, 0.25) is 0 Å². The highest BCUT2D eigenvalue weighted by Gasteiger charge is 1.90. The van der Waals surface area contributed by atoms with E-state index in [1.807, 2.05) is 0 Å². The van der Waals surface area contributed by atoms with Gasteiger partial charge in [0.1, 0.15) is 0 Å². The molecule has 0 fully saturated rings. The molecule has 0 radical (unpaired) electrons. The Morgan fingerprint density at radius 2 is 0.950 bits per heavy atom. The van der Waals surface area contributed by atoms with Gasteiger partial charge in [-0.3, -0.25) is 0 Å². The van der Waals surface area contributed by atoms with Crippen molar-refractivity contribution < 1.29 is 0 Å². The smallest absolute Gasteiger partial charge is 0.00490 e. The highest BCUT2D eigenvalue weighted by Crippen LogP contribution is 2.06. The van der Waals surface area contributed by atoms with Crippen molar-refractivity contribution in [3.8, 4) is 0 Å². The van der Waals surface area contributed by atoms with E-state index in [4.69, 9.17) is 0 Å². The number of unbranched alkanes of at least 4 members (excludes halogenated alkanes) is 8. The molecule has 0 rings (SSSR count). The van der Waals surface area contributed by atoms with Crippen LogP contribution in [0.4, 0.5) is 0 Å². The van der Waals surface area contributed by atoms with Gasteiger partial charge in [-0.2, -0.15) is 0 Å². The monoisotopic (exact) mass is 282 g/mol. The molecule has 0 aromatic rings. The van der Waals surface area contributed by atoms with E-state index in [0.717, 1.165) is 13.1 Å². The first-order valence-corrected chi connectivity index (χ1v) is 8.98. The van der Waals surface area contributed by atoms with Crippen molar-refractivity contribution >= 4 is 0 Å². The van der Waals surface area contributed by atoms with Gasteiger partial charge >= 0.3 is 0 Å². The molecule has 2 N–H and O–H groups in total. The van der Waals surface area contributed by atoms with Crippen molar-refractivity contribution in [2.75, 3.05) is 26.2 Å². The number of allylic oxidation sites excluding steroid dienone is 2. The lowest BCUT2D eigenvalue weighted by atomic mass is 10.1. The van der Waals surface area contributed by atoms with Gasteiger partial charge in [-0.15, -0.1) is 0 Å². The molecule has 0 aromatic heterocycles. The molecule has 0 aliphatic heterocycles. The normalized spacial score (nSPS) is 11.5. The van der Waals surface area contributed by atoms with Crippen LogP contribution in [-0.4, -0.2) is 26.2 Å². The summed E-state index contributed by atoms with van der Waals surface area (Å²) in [7, 11) is 0. The van der Waals surface area contributed by atoms with Crippen molar-refractivity contribution in [1.82, 2.24) is 10.6 Å². The average Bonchev–Trinajstić information content (AvgIpc) is 2.47. The Bertz CT molecular complexity index is 170. The van der Waals surface area contributed by atoms with Gasteiger partial charge in [-0.25, -0.2) is 0 Å². The van der Waals surface area contributed by atoms with E-state index in [-0.39, 0.29) is 0 Å². The molecule has 0 spiro atoms. The van der Waals surface area contributed by atoms with E-state index in [0.29, 0.717) is 0 Å². The molecule has 0 aromatic carbocycles. The molecule has 2 nitrogen and oxygen atoms in total. The van der Waals surface area contributed by atoms with Crippen LogP contribution in [0.2, 0.25) is 0 Å². The molecule has 120 valence electrons. The van der Waals surface area contributed by atoms with Gasteiger partial charge in [0.15, 0.2) is 0 Å². The summed E-state index contributed by atoms with van der Waals surface area (Å²) >= 11 is 0. The third kappa shape index (κ3) is 17.7. The lowest BCUT2D eigenvalue weighted by Gasteiger charge is -2.01. The minimum atomic E-state index is 1.11. The molecular weight excluding hydrogens is 244 g/mol. The summed E-state index contributed by atoms with van der Waals surface area (Å²) in [6.07, 6.45) is 18.3. The van der Waals surface area contributed by atoms with Gasteiger partial charge in [0.05, 0.1) is 0 Å². The zero-order chi connectivity index (χ0) is 14.7. The summed E-state index contributed by atoms with van der Waals surface area (Å²) in [5.74, 6) is 0. The minimum absolute atomic E-state index is 1.11. The van der Waals surface area contributed by atoms with Gasteiger partial charge in [-0.05, 0) is 64.7 Å². The number of hydrogen-bond donors (Lipinski definition) is 2. The van der Waals surface area contributed by atoms with Crippen LogP contribution < -0.4 is 10.6 Å². The Kier molecular flexibility index (Phi) is 18.3. The van der Waals surface area contributed by atoms with Crippen LogP contribution in [0.5, 0.6) is 0 Å². The quantitative estimate of drug-likeness (QED) is 0.318. The molecule has 0 saturated heterocycles. The van der Waals surface area contributed by atoms with E-state index in [1.165, 1.54) is 77.3 Å². The standard InChI is InChI=1S/C18H38N2/c1-3-19-17-15-13-11-9-7-5-6-8-10-12-14-16-18-20-4-2/h5-6,19-20H,3-4,7-18H2,1-2H3/b6-5-. The molecule has 2 heteroatoms. The number of rotatable bonds is 16. The Morgan fingerprint density at radius 1 is 0.550 bits per heavy atom. The van der Waals surface area contributed by atoms with Crippen LogP contribution in [0, 0.1) is 0 Å². The first-order valence-electron chi connectivity index (χ1n) is 8.98. The second-order valence-corrected chi connectivity index (χ2v) is 5.58. The summed E-state index contributed by atoms with van der Waals surface area (Å²) in [4.78, 5) is 0. The van der Waals surface area contributed by atoms with Gasteiger partial charge in [0, 0.05) is 0 Å². The molecule has 0 bridgehead atoms. The Morgan fingerprint density at radius 3 is 1.35 bits per heavy atom. The van der Waals surface area contributed by atoms with Crippen molar-refractivity contribution in [2.24, 2.45) is 0 Å². The largest absolute Gasteiger partial charge is 0.317 e. The second-order valence-electron chi connectivity index (χ2n) is 5.58. The van der Waals surface area contributed by atoms with Gasteiger partial charge in [0.25, 0.3) is 0 Å². The van der Waals surface area contributed by atoms with Crippen molar-refractivity contribution in [1.29, 1.82) is 0 Å². The summed E-state index contributed by atoms with van der Waals surface area (Å²) in [6.45, 7) is 8.95. The van der Waals surface area contributed by atoms with Crippen LogP contribution in [0.15, 0.2) is 12.2 Å². The Balaban J connectivity index is 3.01. The maximum absolute atomic E-state index is 3.38. The molecule has 0 amide bonds. The van der Waals surface area contributed by atoms with Crippen molar-refractivity contribution in [3.05, 3.63) is 12.2 Å². The molecule has 20 heavy (non-hydrogen) atoms. The topological polar surface area (TPSA) is 24.1 Å². The predicted octanol–water partition coefficient (Wildman–Crippen LogP) is 4.66. The third-order valence-electron chi connectivity index (χ3n) is 3.62. The average molecular weight is 283 g/mol. The summed E-state index contributed by atoms with van der Waals surface area (Å²) in [6, 6.07) is 0. The summed E-state index contributed by atoms with van der Waals surface area (Å²) in [5, 5.41) is 6.75. The molecule has 0 heterocycles. The fraction of sp³-hybridized carbons (Fsp3) is 0.889. The molecule has 0 atom stereocenters. The fourth-order valence-electron chi connectivity index (χ4n) is 2.32. The van der Waals surface area contributed by atoms with Gasteiger partial charge in [-0.1, -0.05) is 51.7 Å². The zero-order valence-corrected chi connectivity index (χ0v) is 14.1.